The van der Waals surface area contributed by atoms with E-state index in [-0.39, 0.29) is 27.1 Å². The van der Waals surface area contributed by atoms with Gasteiger partial charge in [-0.25, -0.2) is 9.78 Å². The molecule has 12 nitrogen and oxygen atoms in total. The van der Waals surface area contributed by atoms with E-state index in [1.54, 1.807) is 26.1 Å². The van der Waals surface area contributed by atoms with Crippen molar-refractivity contribution in [2.75, 3.05) is 42.7 Å². The number of fused-ring (bicyclic) bond motifs is 1. The van der Waals surface area contributed by atoms with Crippen LogP contribution < -0.4 is 26.4 Å². The van der Waals surface area contributed by atoms with Crippen LogP contribution in [0.15, 0.2) is 29.3 Å². The van der Waals surface area contributed by atoms with Gasteiger partial charge in [0.1, 0.15) is 23.0 Å². The molecule has 1 saturated heterocycles. The van der Waals surface area contributed by atoms with Crippen LogP contribution in [0, 0.1) is 0 Å². The highest BCUT2D eigenvalue weighted by atomic mass is 32.1. The van der Waals surface area contributed by atoms with Gasteiger partial charge in [-0.3, -0.25) is 14.6 Å². The van der Waals surface area contributed by atoms with Gasteiger partial charge < -0.3 is 25.6 Å². The summed E-state index contributed by atoms with van der Waals surface area (Å²) in [7, 11) is 0. The normalized spacial score (nSPS) is 23.6. The highest BCUT2D eigenvalue weighted by molar-refractivity contribution is 7.19. The zero-order valence-electron chi connectivity index (χ0n) is 26.3. The molecule has 3 N–H and O–H groups in total. The molecule has 3 aromatic heterocycles. The number of piperazine rings is 1. The molecule has 0 aromatic carbocycles. The van der Waals surface area contributed by atoms with Crippen molar-refractivity contribution in [2.45, 2.75) is 26.4 Å². The van der Waals surface area contributed by atoms with Crippen molar-refractivity contribution in [3.63, 3.8) is 0 Å². The minimum atomic E-state index is -3.18. The number of nitrogens with zero attached hydrogens (tertiary/aromatic N) is 5. The second-order valence-corrected chi connectivity index (χ2v) is 8.81. The van der Waals surface area contributed by atoms with E-state index in [9.17, 15) is 14.4 Å². The smallest absolute Gasteiger partial charge is 0.408 e. The number of nitrogens with one attached hydrogen (secondary N) is 3. The van der Waals surface area contributed by atoms with E-state index in [1.807, 2.05) is 0 Å². The number of amides is 2. The van der Waals surface area contributed by atoms with E-state index in [0.717, 1.165) is 21.9 Å². The lowest BCUT2D eigenvalue weighted by Crippen LogP contribution is -2.44. The van der Waals surface area contributed by atoms with Gasteiger partial charge in [-0.2, -0.15) is 9.61 Å². The highest BCUT2D eigenvalue weighted by Gasteiger charge is 2.18. The van der Waals surface area contributed by atoms with Crippen molar-refractivity contribution >= 4 is 39.8 Å². The first-order valence-electron chi connectivity index (χ1n) is 13.9. The van der Waals surface area contributed by atoms with Crippen molar-refractivity contribution < 1.29 is 25.3 Å². The van der Waals surface area contributed by atoms with Crippen LogP contribution in [0.4, 0.5) is 16.3 Å². The first kappa shape index (κ1) is 15.3. The quantitative estimate of drug-likeness (QED) is 0.475. The summed E-state index contributed by atoms with van der Waals surface area (Å²) in [5.74, 6) is -1.22. The summed E-state index contributed by atoms with van der Waals surface area (Å²) in [5, 5.41) is 11.0. The highest BCUT2D eigenvalue weighted by Crippen LogP contribution is 2.26. The van der Waals surface area contributed by atoms with Gasteiger partial charge in [0.2, 0.25) is 10.9 Å². The number of carbonyl (C=O) groups is 2. The van der Waals surface area contributed by atoms with Crippen LogP contribution in [-0.4, -0.2) is 69.7 Å². The van der Waals surface area contributed by atoms with Crippen molar-refractivity contribution in [1.82, 2.24) is 30.2 Å². The molecule has 0 aliphatic carbocycles. The van der Waals surface area contributed by atoms with Crippen molar-refractivity contribution in [1.29, 1.82) is 0 Å². The van der Waals surface area contributed by atoms with E-state index in [4.69, 9.17) is 15.7 Å². The van der Waals surface area contributed by atoms with E-state index in [2.05, 4.69) is 25.7 Å². The predicted octanol–water partition coefficient (Wildman–Crippen LogP) is 1.09. The maximum atomic E-state index is 12.9. The molecule has 180 valence electrons. The monoisotopic (exact) mass is 494 g/mol. The minimum absolute atomic E-state index is 0.130. The molecule has 1 aliphatic heterocycles. The van der Waals surface area contributed by atoms with Crippen LogP contribution in [0.25, 0.3) is 15.5 Å². The van der Waals surface area contributed by atoms with Gasteiger partial charge in [-0.15, -0.1) is 0 Å². The molecule has 1 fully saturated rings. The number of anilines is 2. The lowest BCUT2D eigenvalue weighted by Gasteiger charge is -2.27. The van der Waals surface area contributed by atoms with Gasteiger partial charge in [-0.05, 0) is 26.8 Å². The average molecular weight is 495 g/mol. The predicted molar refractivity (Wildman–Crippen MR) is 128 cm³/mol. The third kappa shape index (κ3) is 5.85. The third-order valence-electron chi connectivity index (χ3n) is 3.98. The standard InChI is InChI=1S/C21H26N8O4S/c1-21(2,3)33-20(32)24-12-16(30)25-14-8-13(10-23-11-14)18-27-29-17(31)9-15(26-19(29)34-18)28-6-4-22-5-7-28/h8-11,22H,4-7,12H2,1-3H3,(H,24,32)(H,25,30)/i4D2,5D2,6D2,7D2. The van der Waals surface area contributed by atoms with Crippen LogP contribution in [-0.2, 0) is 9.53 Å². The Morgan fingerprint density at radius 3 is 2.76 bits per heavy atom. The summed E-state index contributed by atoms with van der Waals surface area (Å²) in [6.07, 6.45) is 1.95. The molecule has 0 bridgehead atoms. The molecule has 1 aliphatic rings. The first-order chi connectivity index (χ1) is 19.1. The number of pyridine rings is 1. The Bertz CT molecular complexity index is 1580. The maximum Gasteiger partial charge on any atom is 0.408 e. The fourth-order valence-electron chi connectivity index (χ4n) is 2.67. The largest absolute Gasteiger partial charge is 0.444 e. The Morgan fingerprint density at radius 1 is 1.26 bits per heavy atom. The van der Waals surface area contributed by atoms with Gasteiger partial charge in [0.05, 0.1) is 17.4 Å². The molecular weight excluding hydrogens is 460 g/mol. The van der Waals surface area contributed by atoms with Gasteiger partial charge in [0, 0.05) is 49.3 Å². The van der Waals surface area contributed by atoms with Crippen molar-refractivity contribution in [2.24, 2.45) is 0 Å². The zero-order valence-corrected chi connectivity index (χ0v) is 19.1. The number of ether oxygens (including phenoxy) is 1. The first-order valence-corrected chi connectivity index (χ1v) is 10.7. The van der Waals surface area contributed by atoms with E-state index < -0.39 is 55.0 Å². The Kier molecular flexibility index (Phi) is 4.39. The van der Waals surface area contributed by atoms with Gasteiger partial charge in [-0.1, -0.05) is 11.3 Å². The van der Waals surface area contributed by atoms with Crippen LogP contribution in [0.1, 0.15) is 31.7 Å². The summed E-state index contributed by atoms with van der Waals surface area (Å²) in [4.78, 5) is 45.2. The van der Waals surface area contributed by atoms with Crippen LogP contribution in [0.3, 0.4) is 0 Å². The van der Waals surface area contributed by atoms with Crippen LogP contribution >= 0.6 is 11.3 Å². The molecule has 2 amide bonds. The molecular formula is C21H26N8O4S. The zero-order chi connectivity index (χ0) is 31.5. The maximum absolute atomic E-state index is 12.9. The second-order valence-electron chi connectivity index (χ2n) is 7.85. The van der Waals surface area contributed by atoms with E-state index in [0.29, 0.717) is 5.56 Å². The summed E-state index contributed by atoms with van der Waals surface area (Å²) < 4.78 is 70.9. The minimum Gasteiger partial charge on any atom is -0.444 e. The molecule has 34 heavy (non-hydrogen) atoms. The molecule has 4 rings (SSSR count). The van der Waals surface area contributed by atoms with Crippen LogP contribution in [0.2, 0.25) is 0 Å². The lowest BCUT2D eigenvalue weighted by molar-refractivity contribution is -0.115. The topological polar surface area (TPSA) is 143 Å². The average Bonchev–Trinajstić information content (AvgIpc) is 3.25. The van der Waals surface area contributed by atoms with Gasteiger partial charge >= 0.3 is 6.09 Å². The molecule has 0 radical (unpaired) electrons. The Morgan fingerprint density at radius 2 is 2.03 bits per heavy atom. The second kappa shape index (κ2) is 9.73. The van der Waals surface area contributed by atoms with Gasteiger partial charge in [0.25, 0.3) is 5.56 Å². The summed E-state index contributed by atoms with van der Waals surface area (Å²) in [5.41, 5.74) is -1.04. The summed E-state index contributed by atoms with van der Waals surface area (Å²) in [6, 6.07) is 2.22. The van der Waals surface area contributed by atoms with Crippen LogP contribution in [0.5, 0.6) is 0 Å². The SMILES string of the molecule is [2H]C1([2H])NC([2H])([2H])C([2H])([2H])N(c2cc(=O)n3nc(-c4cncc(NC(=O)CNC(=O)OC(C)(C)C)c4)sc3n2)C1([2H])[2H]. The number of alkyl carbamates (subject to hydrolysis) is 1. The third-order valence-corrected chi connectivity index (χ3v) is 4.94. The van der Waals surface area contributed by atoms with Crippen molar-refractivity contribution in [3.8, 4) is 10.6 Å². The Labute approximate surface area is 210 Å². The molecule has 0 spiro atoms. The lowest BCUT2D eigenvalue weighted by atomic mass is 10.2. The molecule has 4 heterocycles. The Balaban J connectivity index is 1.62. The fraction of sp³-hybridized carbons (Fsp3) is 0.429. The number of hydrogen-bond acceptors (Lipinski definition) is 10. The van der Waals surface area contributed by atoms with Gasteiger partial charge in [0.15, 0.2) is 0 Å². The molecule has 0 saturated carbocycles. The van der Waals surface area contributed by atoms with E-state index in [1.165, 1.54) is 18.5 Å². The number of hydrogen-bond donors (Lipinski definition) is 3. The molecule has 0 unspecified atom stereocenters. The summed E-state index contributed by atoms with van der Waals surface area (Å²) >= 11 is 0.830. The molecule has 3 aromatic rings. The Hall–Kier alpha value is -3.58. The number of carbonyl (C=O) groups excluding carboxylic acids is 2. The molecule has 13 heteroatoms. The fourth-order valence-corrected chi connectivity index (χ4v) is 3.55. The molecule has 0 atom stereocenters. The number of aromatic nitrogens is 4. The van der Waals surface area contributed by atoms with Crippen molar-refractivity contribution in [3.05, 3.63) is 34.9 Å². The van der Waals surface area contributed by atoms with E-state index >= 15 is 0 Å². The number of rotatable bonds is 5. The summed E-state index contributed by atoms with van der Waals surface area (Å²) in [6.45, 7) is -7.86.